The third-order valence-corrected chi connectivity index (χ3v) is 3.07. The standard InChI is InChI=1S/C14H20ClN3O2/c1-11(19)18(9-8-17(2)3)10-14(20)16-13-7-5-4-6-12(13)15/h4-7H,8-10H2,1-3H3,(H,16,20). The minimum absolute atomic E-state index is 0.0222. The molecule has 1 N–H and O–H groups in total. The maximum absolute atomic E-state index is 11.9. The van der Waals surface area contributed by atoms with Crippen molar-refractivity contribution in [2.45, 2.75) is 6.92 Å². The van der Waals surface area contributed by atoms with Crippen molar-refractivity contribution in [3.8, 4) is 0 Å². The smallest absolute Gasteiger partial charge is 0.244 e. The summed E-state index contributed by atoms with van der Waals surface area (Å²) in [6.45, 7) is 2.70. The van der Waals surface area contributed by atoms with Crippen molar-refractivity contribution in [2.24, 2.45) is 0 Å². The van der Waals surface area contributed by atoms with Crippen LogP contribution < -0.4 is 5.32 Å². The fourth-order valence-electron chi connectivity index (χ4n) is 1.59. The van der Waals surface area contributed by atoms with E-state index in [0.29, 0.717) is 23.8 Å². The normalized spacial score (nSPS) is 10.4. The van der Waals surface area contributed by atoms with Gasteiger partial charge in [-0.05, 0) is 26.2 Å². The minimum atomic E-state index is -0.257. The molecule has 110 valence electrons. The molecule has 0 aromatic heterocycles. The molecule has 5 nitrogen and oxygen atoms in total. The first-order valence-corrected chi connectivity index (χ1v) is 6.72. The van der Waals surface area contributed by atoms with Crippen molar-refractivity contribution in [3.63, 3.8) is 0 Å². The van der Waals surface area contributed by atoms with Gasteiger partial charge < -0.3 is 15.1 Å². The van der Waals surface area contributed by atoms with E-state index >= 15 is 0 Å². The molecule has 1 aromatic rings. The van der Waals surface area contributed by atoms with Crippen LogP contribution in [0.1, 0.15) is 6.92 Å². The van der Waals surface area contributed by atoms with Gasteiger partial charge in [-0.1, -0.05) is 23.7 Å². The number of nitrogens with one attached hydrogen (secondary N) is 1. The zero-order valence-electron chi connectivity index (χ0n) is 12.0. The molecule has 0 saturated heterocycles. The van der Waals surface area contributed by atoms with Crippen LogP contribution in [0.2, 0.25) is 5.02 Å². The van der Waals surface area contributed by atoms with Crippen LogP contribution >= 0.6 is 11.6 Å². The quantitative estimate of drug-likeness (QED) is 0.869. The molecular formula is C14H20ClN3O2. The zero-order chi connectivity index (χ0) is 15.1. The van der Waals surface area contributed by atoms with Gasteiger partial charge in [0.25, 0.3) is 0 Å². The fourth-order valence-corrected chi connectivity index (χ4v) is 1.78. The first-order chi connectivity index (χ1) is 9.40. The van der Waals surface area contributed by atoms with Crippen molar-refractivity contribution in [3.05, 3.63) is 29.3 Å². The minimum Gasteiger partial charge on any atom is -0.332 e. The van der Waals surface area contributed by atoms with Gasteiger partial charge in [0.2, 0.25) is 11.8 Å². The molecule has 0 spiro atoms. The van der Waals surface area contributed by atoms with E-state index < -0.39 is 0 Å². The molecule has 0 atom stereocenters. The Morgan fingerprint density at radius 1 is 1.20 bits per heavy atom. The number of likely N-dealkylation sites (N-methyl/N-ethyl adjacent to an activating group) is 1. The van der Waals surface area contributed by atoms with E-state index in [1.165, 1.54) is 11.8 Å². The summed E-state index contributed by atoms with van der Waals surface area (Å²) in [6, 6.07) is 7.00. The predicted octanol–water partition coefficient (Wildman–Crippen LogP) is 1.69. The summed E-state index contributed by atoms with van der Waals surface area (Å²) in [6.07, 6.45) is 0. The molecule has 0 fully saturated rings. The highest BCUT2D eigenvalue weighted by molar-refractivity contribution is 6.33. The Labute approximate surface area is 124 Å². The number of benzene rings is 1. The highest BCUT2D eigenvalue weighted by atomic mass is 35.5. The number of hydrogen-bond donors (Lipinski definition) is 1. The lowest BCUT2D eigenvalue weighted by Gasteiger charge is -2.22. The maximum atomic E-state index is 11.9. The molecule has 0 saturated carbocycles. The van der Waals surface area contributed by atoms with E-state index in [0.717, 1.165) is 0 Å². The summed E-state index contributed by atoms with van der Waals surface area (Å²) in [5.74, 6) is -0.381. The Morgan fingerprint density at radius 2 is 1.85 bits per heavy atom. The summed E-state index contributed by atoms with van der Waals surface area (Å²) >= 11 is 5.97. The molecule has 6 heteroatoms. The van der Waals surface area contributed by atoms with Gasteiger partial charge in [0.05, 0.1) is 17.3 Å². The second-order valence-electron chi connectivity index (χ2n) is 4.77. The fraction of sp³-hybridized carbons (Fsp3) is 0.429. The van der Waals surface area contributed by atoms with Crippen LogP contribution in [0, 0.1) is 0 Å². The van der Waals surface area contributed by atoms with Crippen LogP contribution in [0.4, 0.5) is 5.69 Å². The number of para-hydroxylation sites is 1. The number of amides is 2. The maximum Gasteiger partial charge on any atom is 0.244 e. The molecule has 1 rings (SSSR count). The van der Waals surface area contributed by atoms with E-state index in [4.69, 9.17) is 11.6 Å². The second kappa shape index (κ2) is 7.87. The SMILES string of the molecule is CC(=O)N(CCN(C)C)CC(=O)Nc1ccccc1Cl. The van der Waals surface area contributed by atoms with Gasteiger partial charge in [-0.25, -0.2) is 0 Å². The van der Waals surface area contributed by atoms with E-state index in [2.05, 4.69) is 5.32 Å². The molecular weight excluding hydrogens is 278 g/mol. The van der Waals surface area contributed by atoms with Gasteiger partial charge in [-0.2, -0.15) is 0 Å². The largest absolute Gasteiger partial charge is 0.332 e. The number of carbonyl (C=O) groups is 2. The topological polar surface area (TPSA) is 52.7 Å². The summed E-state index contributed by atoms with van der Waals surface area (Å²) in [5.41, 5.74) is 0.551. The molecule has 0 aliphatic heterocycles. The van der Waals surface area contributed by atoms with Gasteiger partial charge in [0.1, 0.15) is 0 Å². The van der Waals surface area contributed by atoms with Crippen molar-refractivity contribution >= 4 is 29.1 Å². The van der Waals surface area contributed by atoms with Crippen LogP contribution in [0.25, 0.3) is 0 Å². The average molecular weight is 298 g/mol. The number of carbonyl (C=O) groups excluding carboxylic acids is 2. The Balaban J connectivity index is 2.58. The number of nitrogens with zero attached hydrogens (tertiary/aromatic N) is 2. The molecule has 0 heterocycles. The number of halogens is 1. The van der Waals surface area contributed by atoms with Crippen molar-refractivity contribution < 1.29 is 9.59 Å². The van der Waals surface area contributed by atoms with Gasteiger partial charge in [0.15, 0.2) is 0 Å². The van der Waals surface area contributed by atoms with Crippen LogP contribution in [0.15, 0.2) is 24.3 Å². The van der Waals surface area contributed by atoms with Gasteiger partial charge in [0, 0.05) is 20.0 Å². The molecule has 0 aliphatic rings. The van der Waals surface area contributed by atoms with Gasteiger partial charge in [-0.15, -0.1) is 0 Å². The molecule has 0 unspecified atom stereocenters. The lowest BCUT2D eigenvalue weighted by molar-refractivity contribution is -0.132. The van der Waals surface area contributed by atoms with Crippen LogP contribution in [0.5, 0.6) is 0 Å². The third kappa shape index (κ3) is 5.59. The highest BCUT2D eigenvalue weighted by Gasteiger charge is 2.14. The molecule has 0 bridgehead atoms. The summed E-state index contributed by atoms with van der Waals surface area (Å²) in [5, 5.41) is 3.18. The van der Waals surface area contributed by atoms with Gasteiger partial charge >= 0.3 is 0 Å². The van der Waals surface area contributed by atoms with E-state index in [-0.39, 0.29) is 18.4 Å². The monoisotopic (exact) mass is 297 g/mol. The summed E-state index contributed by atoms with van der Waals surface area (Å²) in [4.78, 5) is 26.9. The lowest BCUT2D eigenvalue weighted by Crippen LogP contribution is -2.40. The predicted molar refractivity (Wildman–Crippen MR) is 80.9 cm³/mol. The number of anilines is 1. The van der Waals surface area contributed by atoms with Crippen LogP contribution in [-0.4, -0.2) is 55.3 Å². The summed E-state index contributed by atoms with van der Waals surface area (Å²) in [7, 11) is 3.84. The Kier molecular flexibility index (Phi) is 6.48. The first kappa shape index (κ1) is 16.5. The van der Waals surface area contributed by atoms with Crippen molar-refractivity contribution in [1.82, 2.24) is 9.80 Å². The number of hydrogen-bond acceptors (Lipinski definition) is 3. The van der Waals surface area contributed by atoms with E-state index in [1.807, 2.05) is 19.0 Å². The third-order valence-electron chi connectivity index (χ3n) is 2.74. The van der Waals surface area contributed by atoms with Crippen molar-refractivity contribution in [2.75, 3.05) is 39.0 Å². The Morgan fingerprint density at radius 3 is 2.40 bits per heavy atom. The molecule has 0 aliphatic carbocycles. The van der Waals surface area contributed by atoms with E-state index in [1.54, 1.807) is 24.3 Å². The van der Waals surface area contributed by atoms with Crippen LogP contribution in [-0.2, 0) is 9.59 Å². The Bertz CT molecular complexity index is 477. The molecule has 2 amide bonds. The van der Waals surface area contributed by atoms with E-state index in [9.17, 15) is 9.59 Å². The first-order valence-electron chi connectivity index (χ1n) is 6.34. The van der Waals surface area contributed by atoms with Crippen molar-refractivity contribution in [1.29, 1.82) is 0 Å². The average Bonchev–Trinajstić information content (AvgIpc) is 2.36. The molecule has 0 radical (unpaired) electrons. The molecule has 20 heavy (non-hydrogen) atoms. The van der Waals surface area contributed by atoms with Gasteiger partial charge in [-0.3, -0.25) is 9.59 Å². The zero-order valence-corrected chi connectivity index (χ0v) is 12.8. The lowest BCUT2D eigenvalue weighted by atomic mass is 10.3. The van der Waals surface area contributed by atoms with Crippen LogP contribution in [0.3, 0.4) is 0 Å². The second-order valence-corrected chi connectivity index (χ2v) is 5.18. The molecule has 1 aromatic carbocycles. The highest BCUT2D eigenvalue weighted by Crippen LogP contribution is 2.20. The Hall–Kier alpha value is -1.59. The number of rotatable bonds is 6. The summed E-state index contributed by atoms with van der Waals surface area (Å²) < 4.78 is 0.